The van der Waals surface area contributed by atoms with E-state index in [4.69, 9.17) is 5.73 Å². The van der Waals surface area contributed by atoms with E-state index in [1.165, 1.54) is 4.90 Å². The van der Waals surface area contributed by atoms with E-state index < -0.39 is 18.8 Å². The van der Waals surface area contributed by atoms with Gasteiger partial charge in [0.05, 0.1) is 5.69 Å². The molecule has 0 saturated carbocycles. The van der Waals surface area contributed by atoms with Crippen molar-refractivity contribution < 1.29 is 18.0 Å². The van der Waals surface area contributed by atoms with E-state index in [9.17, 15) is 18.0 Å². The van der Waals surface area contributed by atoms with Crippen LogP contribution in [0.15, 0.2) is 24.3 Å². The third-order valence-electron chi connectivity index (χ3n) is 3.21. The Bertz CT molecular complexity index is 490. The number of nitrogens with zero attached hydrogens (tertiary/aromatic N) is 1. The largest absolute Gasteiger partial charge is 0.405 e. The second-order valence-electron chi connectivity index (χ2n) is 4.73. The lowest BCUT2D eigenvalue weighted by Gasteiger charge is -2.24. The van der Waals surface area contributed by atoms with Crippen LogP contribution >= 0.6 is 0 Å². The minimum Gasteiger partial charge on any atom is -0.329 e. The van der Waals surface area contributed by atoms with Gasteiger partial charge < -0.3 is 11.1 Å². The molecule has 2 rings (SSSR count). The summed E-state index contributed by atoms with van der Waals surface area (Å²) in [6, 6.07) is 6.09. The molecular weight excluding hydrogens is 271 g/mol. The zero-order valence-electron chi connectivity index (χ0n) is 10.8. The molecule has 1 atom stereocenters. The number of benzene rings is 1. The number of alkyl halides is 3. The highest BCUT2D eigenvalue weighted by Crippen LogP contribution is 2.31. The van der Waals surface area contributed by atoms with Crippen molar-refractivity contribution in [2.24, 2.45) is 5.73 Å². The molecule has 0 saturated heterocycles. The topological polar surface area (TPSA) is 58.4 Å². The highest BCUT2D eigenvalue weighted by molar-refractivity contribution is 5.93. The summed E-state index contributed by atoms with van der Waals surface area (Å²) in [5.74, 6) is 0. The predicted molar refractivity (Wildman–Crippen MR) is 69.4 cm³/mol. The van der Waals surface area contributed by atoms with E-state index in [0.717, 1.165) is 5.56 Å². The van der Waals surface area contributed by atoms with Gasteiger partial charge in [-0.25, -0.2) is 4.79 Å². The fourth-order valence-corrected chi connectivity index (χ4v) is 2.27. The third-order valence-corrected chi connectivity index (χ3v) is 3.21. The monoisotopic (exact) mass is 287 g/mol. The Morgan fingerprint density at radius 1 is 1.40 bits per heavy atom. The Balaban J connectivity index is 2.19. The molecule has 0 bridgehead atoms. The van der Waals surface area contributed by atoms with Crippen LogP contribution in [0.1, 0.15) is 24.4 Å². The first-order chi connectivity index (χ1) is 9.38. The van der Waals surface area contributed by atoms with Crippen LogP contribution in [0.3, 0.4) is 0 Å². The van der Waals surface area contributed by atoms with Crippen molar-refractivity contribution in [2.45, 2.75) is 25.1 Å². The molecule has 0 radical (unpaired) electrons. The predicted octanol–water partition coefficient (Wildman–Crippen LogP) is 2.56. The maximum absolute atomic E-state index is 12.2. The molecule has 1 aliphatic heterocycles. The van der Waals surface area contributed by atoms with E-state index in [-0.39, 0.29) is 6.04 Å². The van der Waals surface area contributed by atoms with Crippen molar-refractivity contribution >= 4 is 11.7 Å². The van der Waals surface area contributed by atoms with Crippen LogP contribution in [0.5, 0.6) is 0 Å². The first-order valence-electron chi connectivity index (χ1n) is 6.35. The van der Waals surface area contributed by atoms with E-state index in [1.54, 1.807) is 24.3 Å². The van der Waals surface area contributed by atoms with Crippen LogP contribution in [0.2, 0.25) is 0 Å². The van der Waals surface area contributed by atoms with Gasteiger partial charge in [0.15, 0.2) is 0 Å². The SMILES string of the molecule is NC1CCCN(C(=O)NCC(F)(F)F)c2ccccc21. The molecule has 4 nitrogen and oxygen atoms in total. The van der Waals surface area contributed by atoms with Crippen LogP contribution in [0, 0.1) is 0 Å². The Morgan fingerprint density at radius 2 is 2.10 bits per heavy atom. The Kier molecular flexibility index (Phi) is 4.17. The number of hydrogen-bond donors (Lipinski definition) is 2. The Morgan fingerprint density at radius 3 is 2.80 bits per heavy atom. The van der Waals surface area contributed by atoms with Gasteiger partial charge in [-0.2, -0.15) is 13.2 Å². The summed E-state index contributed by atoms with van der Waals surface area (Å²) in [6.07, 6.45) is -3.08. The molecule has 0 fully saturated rings. The minimum atomic E-state index is -4.42. The van der Waals surface area contributed by atoms with Gasteiger partial charge in [-0.3, -0.25) is 4.90 Å². The molecule has 20 heavy (non-hydrogen) atoms. The first-order valence-corrected chi connectivity index (χ1v) is 6.35. The lowest BCUT2D eigenvalue weighted by molar-refractivity contribution is -0.122. The average Bonchev–Trinajstić information content (AvgIpc) is 2.55. The van der Waals surface area contributed by atoms with E-state index in [1.807, 2.05) is 5.32 Å². The zero-order chi connectivity index (χ0) is 14.8. The number of hydrogen-bond acceptors (Lipinski definition) is 2. The van der Waals surface area contributed by atoms with Gasteiger partial charge in [-0.05, 0) is 24.5 Å². The van der Waals surface area contributed by atoms with Gasteiger partial charge in [-0.15, -0.1) is 0 Å². The number of para-hydroxylation sites is 1. The van der Waals surface area contributed by atoms with Crippen LogP contribution in [0.25, 0.3) is 0 Å². The zero-order valence-corrected chi connectivity index (χ0v) is 10.8. The van der Waals surface area contributed by atoms with Crippen LogP contribution in [-0.4, -0.2) is 25.3 Å². The van der Waals surface area contributed by atoms with E-state index >= 15 is 0 Å². The highest BCUT2D eigenvalue weighted by atomic mass is 19.4. The number of nitrogens with one attached hydrogen (secondary N) is 1. The molecule has 1 heterocycles. The maximum atomic E-state index is 12.2. The Hall–Kier alpha value is -1.76. The Labute approximate surface area is 114 Å². The van der Waals surface area contributed by atoms with Crippen molar-refractivity contribution in [3.63, 3.8) is 0 Å². The highest BCUT2D eigenvalue weighted by Gasteiger charge is 2.30. The second kappa shape index (κ2) is 5.70. The normalized spacial score (nSPS) is 19.2. The molecule has 110 valence electrons. The summed E-state index contributed by atoms with van der Waals surface area (Å²) in [7, 11) is 0. The van der Waals surface area contributed by atoms with E-state index in [2.05, 4.69) is 0 Å². The van der Waals surface area contributed by atoms with Gasteiger partial charge in [0.25, 0.3) is 0 Å². The van der Waals surface area contributed by atoms with Crippen LogP contribution < -0.4 is 16.0 Å². The molecule has 2 amide bonds. The molecule has 7 heteroatoms. The molecule has 0 spiro atoms. The third kappa shape index (κ3) is 3.41. The summed E-state index contributed by atoms with van der Waals surface area (Å²) in [6.45, 7) is -0.981. The number of carbonyl (C=O) groups excluding carboxylic acids is 1. The number of anilines is 1. The quantitative estimate of drug-likeness (QED) is 0.834. The number of fused-ring (bicyclic) bond motifs is 1. The van der Waals surface area contributed by atoms with E-state index in [0.29, 0.717) is 25.1 Å². The lowest BCUT2D eigenvalue weighted by atomic mass is 10.0. The maximum Gasteiger partial charge on any atom is 0.405 e. The molecule has 1 aliphatic rings. The minimum absolute atomic E-state index is 0.202. The summed E-state index contributed by atoms with van der Waals surface area (Å²) in [5.41, 5.74) is 7.38. The molecule has 1 unspecified atom stereocenters. The van der Waals surface area contributed by atoms with Gasteiger partial charge in [-0.1, -0.05) is 18.2 Å². The number of rotatable bonds is 1. The summed E-state index contributed by atoms with van der Waals surface area (Å²) >= 11 is 0. The lowest BCUT2D eigenvalue weighted by Crippen LogP contribution is -2.44. The van der Waals surface area contributed by atoms with Gasteiger partial charge >= 0.3 is 12.2 Å². The van der Waals surface area contributed by atoms with Gasteiger partial charge in [0.2, 0.25) is 0 Å². The molecule has 0 aromatic heterocycles. The fraction of sp³-hybridized carbons (Fsp3) is 0.462. The first kappa shape index (κ1) is 14.6. The molecule has 1 aromatic rings. The van der Waals surface area contributed by atoms with Crippen molar-refractivity contribution in [3.05, 3.63) is 29.8 Å². The number of nitrogens with two attached hydrogens (primary N) is 1. The molecular formula is C13H16F3N3O. The number of urea groups is 1. The van der Waals surface area contributed by atoms with Crippen molar-refractivity contribution in [1.29, 1.82) is 0 Å². The van der Waals surface area contributed by atoms with Crippen molar-refractivity contribution in [1.82, 2.24) is 5.32 Å². The summed E-state index contributed by atoms with van der Waals surface area (Å²) in [5, 5.41) is 1.90. The molecule has 0 aliphatic carbocycles. The number of amides is 2. The fourth-order valence-electron chi connectivity index (χ4n) is 2.27. The standard InChI is InChI=1S/C13H16F3N3O/c14-13(15,16)8-18-12(20)19-7-3-5-10(17)9-4-1-2-6-11(9)19/h1-2,4,6,10H,3,5,7-8,17H2,(H,18,20). The van der Waals surface area contributed by atoms with Gasteiger partial charge in [0.1, 0.15) is 6.54 Å². The van der Waals surface area contributed by atoms with Crippen LogP contribution in [0.4, 0.5) is 23.7 Å². The summed E-state index contributed by atoms with van der Waals surface area (Å²) < 4.78 is 36.5. The van der Waals surface area contributed by atoms with Crippen LogP contribution in [-0.2, 0) is 0 Å². The number of carbonyl (C=O) groups is 1. The van der Waals surface area contributed by atoms with Crippen molar-refractivity contribution in [3.8, 4) is 0 Å². The van der Waals surface area contributed by atoms with Crippen molar-refractivity contribution in [2.75, 3.05) is 18.0 Å². The molecule has 1 aromatic carbocycles. The summed E-state index contributed by atoms with van der Waals surface area (Å²) in [4.78, 5) is 13.3. The second-order valence-corrected chi connectivity index (χ2v) is 4.73. The number of halogens is 3. The smallest absolute Gasteiger partial charge is 0.329 e. The molecule has 3 N–H and O–H groups in total. The average molecular weight is 287 g/mol. The van der Waals surface area contributed by atoms with Gasteiger partial charge in [0, 0.05) is 12.6 Å².